The first-order chi connectivity index (χ1) is 16.1. The Morgan fingerprint density at radius 2 is 1.06 bits per heavy atom. The Hall–Kier alpha value is -3.11. The predicted molar refractivity (Wildman–Crippen MR) is 131 cm³/mol. The van der Waals surface area contributed by atoms with E-state index in [0.29, 0.717) is 21.2 Å². The third kappa shape index (κ3) is 4.47. The number of nitro benzene ring substituents is 2. The molecule has 0 amide bonds. The van der Waals surface area contributed by atoms with Crippen LogP contribution in [0.2, 0.25) is 20.1 Å². The third-order valence-electron chi connectivity index (χ3n) is 5.20. The van der Waals surface area contributed by atoms with Gasteiger partial charge in [-0.1, -0.05) is 58.5 Å². The summed E-state index contributed by atoms with van der Waals surface area (Å²) in [7, 11) is 0. The number of halogens is 4. The SMILES string of the molecule is O=c1n(Cc2ccc(Cl)cc2Cl)c2cc([N+](=O)[O-])c([N+](=O)[O-])cc2n1Cc1ccc(Cl)cc1Cl. The summed E-state index contributed by atoms with van der Waals surface area (Å²) in [4.78, 5) is 34.8. The molecular weight excluding hydrogens is 530 g/mol. The Labute approximate surface area is 210 Å². The lowest BCUT2D eigenvalue weighted by molar-refractivity contribution is -0.422. The summed E-state index contributed by atoms with van der Waals surface area (Å²) in [6.45, 7) is -0.108. The molecule has 0 unspecified atom stereocenters. The normalized spacial score (nSPS) is 11.2. The van der Waals surface area contributed by atoms with Crippen LogP contribution >= 0.6 is 46.4 Å². The number of hydrogen-bond donors (Lipinski definition) is 0. The zero-order chi connectivity index (χ0) is 24.7. The molecule has 4 aromatic rings. The summed E-state index contributed by atoms with van der Waals surface area (Å²) >= 11 is 24.4. The fourth-order valence-corrected chi connectivity index (χ4v) is 4.51. The van der Waals surface area contributed by atoms with Gasteiger partial charge in [-0.2, -0.15) is 0 Å². The highest BCUT2D eigenvalue weighted by Crippen LogP contribution is 2.33. The minimum Gasteiger partial charge on any atom is -0.287 e. The van der Waals surface area contributed by atoms with Crippen LogP contribution < -0.4 is 5.69 Å². The second-order valence-electron chi connectivity index (χ2n) is 7.27. The molecule has 1 aromatic heterocycles. The van der Waals surface area contributed by atoms with Crippen molar-refractivity contribution >= 4 is 68.8 Å². The molecule has 9 nitrogen and oxygen atoms in total. The molecule has 0 spiro atoms. The molecule has 0 saturated carbocycles. The van der Waals surface area contributed by atoms with E-state index >= 15 is 0 Å². The van der Waals surface area contributed by atoms with E-state index in [0.717, 1.165) is 12.1 Å². The van der Waals surface area contributed by atoms with Crippen LogP contribution in [-0.2, 0) is 13.1 Å². The van der Waals surface area contributed by atoms with Crippen molar-refractivity contribution in [1.29, 1.82) is 0 Å². The zero-order valence-electron chi connectivity index (χ0n) is 16.9. The lowest BCUT2D eigenvalue weighted by Gasteiger charge is -2.07. The molecule has 0 aliphatic heterocycles. The molecule has 3 aromatic carbocycles. The minimum absolute atomic E-state index is 0.0539. The highest BCUT2D eigenvalue weighted by Gasteiger charge is 2.29. The number of aromatic nitrogens is 2. The average Bonchev–Trinajstić information content (AvgIpc) is 3.01. The van der Waals surface area contributed by atoms with Crippen LogP contribution in [0.25, 0.3) is 11.0 Å². The van der Waals surface area contributed by atoms with Gasteiger partial charge in [0.1, 0.15) is 0 Å². The number of fused-ring (bicyclic) bond motifs is 1. The van der Waals surface area contributed by atoms with Gasteiger partial charge in [-0.3, -0.25) is 29.4 Å². The summed E-state index contributed by atoms with van der Waals surface area (Å²) in [6, 6.07) is 11.5. The number of imidazole rings is 1. The van der Waals surface area contributed by atoms with Gasteiger partial charge in [-0.05, 0) is 35.4 Å². The molecule has 174 valence electrons. The van der Waals surface area contributed by atoms with Gasteiger partial charge in [0, 0.05) is 32.2 Å². The van der Waals surface area contributed by atoms with Crippen molar-refractivity contribution in [1.82, 2.24) is 9.13 Å². The molecule has 13 heteroatoms. The summed E-state index contributed by atoms with van der Waals surface area (Å²) in [6.07, 6.45) is 0. The summed E-state index contributed by atoms with van der Waals surface area (Å²) < 4.78 is 2.51. The van der Waals surface area contributed by atoms with E-state index in [2.05, 4.69) is 0 Å². The van der Waals surface area contributed by atoms with Gasteiger partial charge >= 0.3 is 17.1 Å². The molecule has 34 heavy (non-hydrogen) atoms. The number of nitro groups is 2. The van der Waals surface area contributed by atoms with Crippen LogP contribution in [-0.4, -0.2) is 19.0 Å². The van der Waals surface area contributed by atoms with Gasteiger partial charge in [0.05, 0.1) is 34.0 Å². The number of benzene rings is 3. The number of hydrogen-bond acceptors (Lipinski definition) is 5. The van der Waals surface area contributed by atoms with Crippen LogP contribution in [0.3, 0.4) is 0 Å². The molecule has 0 aliphatic carbocycles. The Balaban J connectivity index is 1.99. The zero-order valence-corrected chi connectivity index (χ0v) is 19.9. The van der Waals surface area contributed by atoms with Gasteiger partial charge in [-0.15, -0.1) is 0 Å². The van der Waals surface area contributed by atoms with E-state index in [-0.39, 0.29) is 34.2 Å². The lowest BCUT2D eigenvalue weighted by Crippen LogP contribution is -2.25. The van der Waals surface area contributed by atoms with Crippen molar-refractivity contribution in [2.45, 2.75) is 13.1 Å². The first-order valence-electron chi connectivity index (χ1n) is 9.50. The Morgan fingerprint density at radius 1 is 0.676 bits per heavy atom. The first-order valence-corrected chi connectivity index (χ1v) is 11.0. The van der Waals surface area contributed by atoms with Crippen molar-refractivity contribution in [2.75, 3.05) is 0 Å². The molecule has 4 rings (SSSR count). The molecule has 0 bridgehead atoms. The first kappa shape index (κ1) is 24.0. The van der Waals surface area contributed by atoms with E-state index < -0.39 is 26.9 Å². The molecule has 1 heterocycles. The van der Waals surface area contributed by atoms with Crippen molar-refractivity contribution in [2.24, 2.45) is 0 Å². The molecular formula is C21H12Cl4N4O5. The minimum atomic E-state index is -0.866. The van der Waals surface area contributed by atoms with Crippen LogP contribution in [0.4, 0.5) is 11.4 Å². The largest absolute Gasteiger partial charge is 0.348 e. The van der Waals surface area contributed by atoms with E-state index in [1.54, 1.807) is 24.3 Å². The maximum Gasteiger partial charge on any atom is 0.348 e. The Morgan fingerprint density at radius 3 is 1.38 bits per heavy atom. The van der Waals surface area contributed by atoms with E-state index in [4.69, 9.17) is 46.4 Å². The van der Waals surface area contributed by atoms with Crippen molar-refractivity contribution in [3.05, 3.63) is 110 Å². The van der Waals surface area contributed by atoms with E-state index in [1.807, 2.05) is 0 Å². The summed E-state index contributed by atoms with van der Waals surface area (Å²) in [5.74, 6) is 0. The van der Waals surface area contributed by atoms with E-state index in [9.17, 15) is 25.0 Å². The Bertz CT molecular complexity index is 1440. The highest BCUT2D eigenvalue weighted by atomic mass is 35.5. The van der Waals surface area contributed by atoms with Crippen molar-refractivity contribution < 1.29 is 9.85 Å². The second kappa shape index (κ2) is 9.27. The van der Waals surface area contributed by atoms with Crippen LogP contribution in [0.15, 0.2) is 53.3 Å². The smallest absolute Gasteiger partial charge is 0.287 e. The van der Waals surface area contributed by atoms with Gasteiger partial charge in [0.25, 0.3) is 0 Å². The highest BCUT2D eigenvalue weighted by molar-refractivity contribution is 6.35. The van der Waals surface area contributed by atoms with E-state index in [1.165, 1.54) is 21.3 Å². The van der Waals surface area contributed by atoms with Gasteiger partial charge in [-0.25, -0.2) is 4.79 Å². The average molecular weight is 542 g/mol. The lowest BCUT2D eigenvalue weighted by atomic mass is 10.2. The molecule has 0 aliphatic rings. The molecule has 0 saturated heterocycles. The third-order valence-corrected chi connectivity index (χ3v) is 6.37. The fourth-order valence-electron chi connectivity index (χ4n) is 3.58. The fraction of sp³-hybridized carbons (Fsp3) is 0.0952. The van der Waals surface area contributed by atoms with Gasteiger partial charge in [0.2, 0.25) is 0 Å². The summed E-state index contributed by atoms with van der Waals surface area (Å²) in [5, 5.41) is 24.4. The monoisotopic (exact) mass is 540 g/mol. The summed E-state index contributed by atoms with van der Waals surface area (Å²) in [5.41, 5.74) is -0.751. The predicted octanol–water partition coefficient (Wildman–Crippen LogP) is 6.33. The molecule has 0 N–H and O–H groups in total. The van der Waals surface area contributed by atoms with Crippen LogP contribution in [0.5, 0.6) is 0 Å². The topological polar surface area (TPSA) is 113 Å². The quantitative estimate of drug-likeness (QED) is 0.209. The number of nitrogens with zero attached hydrogens (tertiary/aromatic N) is 4. The Kier molecular flexibility index (Phi) is 6.55. The molecule has 0 atom stereocenters. The molecule has 0 radical (unpaired) electrons. The number of rotatable bonds is 6. The van der Waals surface area contributed by atoms with Gasteiger partial charge in [0.15, 0.2) is 0 Å². The molecule has 0 fully saturated rings. The van der Waals surface area contributed by atoms with Crippen LogP contribution in [0, 0.1) is 20.2 Å². The maximum atomic E-state index is 13.5. The standard InChI is InChI=1S/C21H12Cl4N4O5/c22-13-3-1-11(15(24)5-13)9-26-17-7-19(28(31)32)20(29(33)34)8-18(17)27(21(26)30)10-12-2-4-14(23)6-16(12)25/h1-8H,9-10H2. The maximum absolute atomic E-state index is 13.5. The van der Waals surface area contributed by atoms with Crippen molar-refractivity contribution in [3.63, 3.8) is 0 Å². The van der Waals surface area contributed by atoms with Crippen LogP contribution in [0.1, 0.15) is 11.1 Å². The second-order valence-corrected chi connectivity index (χ2v) is 8.96. The van der Waals surface area contributed by atoms with Gasteiger partial charge < -0.3 is 0 Å². The van der Waals surface area contributed by atoms with Crippen molar-refractivity contribution in [3.8, 4) is 0 Å².